The normalized spacial score (nSPS) is 15.3. The summed E-state index contributed by atoms with van der Waals surface area (Å²) in [6.07, 6.45) is -1.13. The maximum Gasteiger partial charge on any atom is 0.397 e. The molecule has 92 valence electrons. The second-order valence-corrected chi connectivity index (χ2v) is 4.96. The Hall–Kier alpha value is -0.250. The summed E-state index contributed by atoms with van der Waals surface area (Å²) in [4.78, 5) is 0. The smallest absolute Gasteiger partial charge is 0.388 e. The van der Waals surface area contributed by atoms with E-state index in [4.69, 9.17) is 20.1 Å². The predicted molar refractivity (Wildman–Crippen MR) is 52.6 cm³/mol. The monoisotopic (exact) mass is 243 g/mol. The predicted octanol–water partition coefficient (Wildman–Crippen LogP) is -1.08. The van der Waals surface area contributed by atoms with E-state index < -0.39 is 28.6 Å². The van der Waals surface area contributed by atoms with E-state index in [9.17, 15) is 8.42 Å². The van der Waals surface area contributed by atoms with E-state index in [2.05, 4.69) is 4.18 Å². The lowest BCUT2D eigenvalue weighted by Crippen LogP contribution is -2.38. The summed E-state index contributed by atoms with van der Waals surface area (Å²) in [7, 11) is -4.51. The van der Waals surface area contributed by atoms with Gasteiger partial charge in [-0.1, -0.05) is 0 Å². The Morgan fingerprint density at radius 3 is 2.33 bits per heavy atom. The topological polar surface area (TPSA) is 119 Å². The van der Waals surface area contributed by atoms with Crippen molar-refractivity contribution in [1.29, 1.82) is 0 Å². The molecule has 8 heteroatoms. The van der Waals surface area contributed by atoms with E-state index in [1.54, 1.807) is 13.8 Å². The number of nitrogens with two attached hydrogens (primary N) is 1. The molecule has 0 aliphatic rings. The van der Waals surface area contributed by atoms with Gasteiger partial charge in [-0.05, 0) is 13.8 Å². The van der Waals surface area contributed by atoms with Crippen LogP contribution in [0.15, 0.2) is 0 Å². The fourth-order valence-corrected chi connectivity index (χ4v) is 1.000. The lowest BCUT2D eigenvalue weighted by molar-refractivity contribution is -0.000826. The van der Waals surface area contributed by atoms with Crippen LogP contribution in [-0.4, -0.2) is 49.5 Å². The summed E-state index contributed by atoms with van der Waals surface area (Å²) in [6.45, 7) is 3.04. The molecule has 1 unspecified atom stereocenters. The van der Waals surface area contributed by atoms with Crippen LogP contribution in [0.3, 0.4) is 0 Å². The molecule has 0 heterocycles. The summed E-state index contributed by atoms with van der Waals surface area (Å²) in [5.41, 5.74) is 5.07. The summed E-state index contributed by atoms with van der Waals surface area (Å²) in [5.74, 6) is 0. The van der Waals surface area contributed by atoms with Gasteiger partial charge in [0.2, 0.25) is 0 Å². The van der Waals surface area contributed by atoms with Crippen molar-refractivity contribution in [1.82, 2.24) is 0 Å². The highest BCUT2D eigenvalue weighted by Gasteiger charge is 2.14. The average Bonchev–Trinajstić information content (AvgIpc) is 1.97. The Labute approximate surface area is 89.1 Å². The summed E-state index contributed by atoms with van der Waals surface area (Å²) in [5, 5.41) is 9.14. The summed E-state index contributed by atoms with van der Waals surface area (Å²) in [6, 6.07) is 0. The standard InChI is InChI=1S/C7H17NO6S/c1-7(2,8)5-13-3-6(9)4-14-15(10,11)12/h6,9H,3-5,8H2,1-2H3,(H,10,11,12). The second kappa shape index (κ2) is 5.73. The molecule has 1 atom stereocenters. The summed E-state index contributed by atoms with van der Waals surface area (Å²) < 4.78 is 37.4. The molecule has 0 saturated heterocycles. The number of rotatable bonds is 7. The van der Waals surface area contributed by atoms with Crippen LogP contribution in [-0.2, 0) is 19.3 Å². The molecular weight excluding hydrogens is 226 g/mol. The zero-order chi connectivity index (χ0) is 12.1. The van der Waals surface area contributed by atoms with Gasteiger partial charge in [0.25, 0.3) is 0 Å². The minimum Gasteiger partial charge on any atom is -0.388 e. The van der Waals surface area contributed by atoms with E-state index in [1.165, 1.54) is 0 Å². The minimum atomic E-state index is -4.51. The van der Waals surface area contributed by atoms with E-state index >= 15 is 0 Å². The first kappa shape index (κ1) is 14.8. The quantitative estimate of drug-likeness (QED) is 0.486. The molecule has 0 aliphatic heterocycles. The Morgan fingerprint density at radius 2 is 1.93 bits per heavy atom. The van der Waals surface area contributed by atoms with Gasteiger partial charge in [0.05, 0.1) is 19.8 Å². The van der Waals surface area contributed by atoms with Gasteiger partial charge in [0, 0.05) is 5.54 Å². The van der Waals surface area contributed by atoms with Crippen LogP contribution in [0, 0.1) is 0 Å². The number of hydrogen-bond acceptors (Lipinski definition) is 6. The second-order valence-electron chi connectivity index (χ2n) is 3.87. The molecular formula is C7H17NO6S. The first-order chi connectivity index (χ1) is 6.60. The van der Waals surface area contributed by atoms with Crippen LogP contribution >= 0.6 is 0 Å². The number of aliphatic hydroxyl groups excluding tert-OH is 1. The third-order valence-corrected chi connectivity index (χ3v) is 1.63. The maximum atomic E-state index is 10.1. The van der Waals surface area contributed by atoms with Gasteiger partial charge in [0.1, 0.15) is 6.10 Å². The largest absolute Gasteiger partial charge is 0.397 e. The highest BCUT2D eigenvalue weighted by molar-refractivity contribution is 7.80. The van der Waals surface area contributed by atoms with Gasteiger partial charge >= 0.3 is 10.4 Å². The molecule has 0 rings (SSSR count). The molecule has 7 nitrogen and oxygen atoms in total. The number of aliphatic hydroxyl groups is 1. The van der Waals surface area contributed by atoms with Crippen molar-refractivity contribution < 1.29 is 27.0 Å². The van der Waals surface area contributed by atoms with Crippen molar-refractivity contribution >= 4 is 10.4 Å². The molecule has 0 amide bonds. The fraction of sp³-hybridized carbons (Fsp3) is 1.00. The van der Waals surface area contributed by atoms with Crippen molar-refractivity contribution in [2.75, 3.05) is 19.8 Å². The lowest BCUT2D eigenvalue weighted by atomic mass is 10.1. The molecule has 0 aromatic heterocycles. The number of ether oxygens (including phenoxy) is 1. The minimum absolute atomic E-state index is 0.115. The molecule has 0 fully saturated rings. The molecule has 0 saturated carbocycles. The van der Waals surface area contributed by atoms with E-state index in [-0.39, 0.29) is 13.2 Å². The Balaban J connectivity index is 3.63. The van der Waals surface area contributed by atoms with Gasteiger partial charge in [-0.3, -0.25) is 4.55 Å². The van der Waals surface area contributed by atoms with E-state index in [0.29, 0.717) is 0 Å². The highest BCUT2D eigenvalue weighted by Crippen LogP contribution is 1.98. The number of hydrogen-bond donors (Lipinski definition) is 3. The Kier molecular flexibility index (Phi) is 5.63. The van der Waals surface area contributed by atoms with Crippen molar-refractivity contribution in [2.24, 2.45) is 5.73 Å². The van der Waals surface area contributed by atoms with E-state index in [0.717, 1.165) is 0 Å². The fourth-order valence-electron chi connectivity index (χ4n) is 0.671. The van der Waals surface area contributed by atoms with Crippen LogP contribution in [0.5, 0.6) is 0 Å². The third kappa shape index (κ3) is 11.7. The van der Waals surface area contributed by atoms with Crippen LogP contribution < -0.4 is 5.73 Å². The molecule has 0 aromatic carbocycles. The lowest BCUT2D eigenvalue weighted by Gasteiger charge is -2.19. The molecule has 15 heavy (non-hydrogen) atoms. The third-order valence-electron chi connectivity index (χ3n) is 1.19. The van der Waals surface area contributed by atoms with E-state index in [1.807, 2.05) is 0 Å². The average molecular weight is 243 g/mol. The van der Waals surface area contributed by atoms with Crippen LogP contribution in [0.1, 0.15) is 13.8 Å². The maximum absolute atomic E-state index is 10.1. The Morgan fingerprint density at radius 1 is 1.40 bits per heavy atom. The SMILES string of the molecule is CC(C)(N)COCC(O)COS(=O)(=O)O. The Bertz CT molecular complexity index is 270. The first-order valence-corrected chi connectivity index (χ1v) is 5.63. The molecule has 0 radical (unpaired) electrons. The van der Waals surface area contributed by atoms with Gasteiger partial charge in [-0.2, -0.15) is 8.42 Å². The molecule has 0 bridgehead atoms. The van der Waals surface area contributed by atoms with Crippen LogP contribution in [0.4, 0.5) is 0 Å². The van der Waals surface area contributed by atoms with Crippen molar-refractivity contribution in [3.05, 3.63) is 0 Å². The van der Waals surface area contributed by atoms with Gasteiger partial charge in [-0.25, -0.2) is 4.18 Å². The van der Waals surface area contributed by atoms with Crippen molar-refractivity contribution in [2.45, 2.75) is 25.5 Å². The van der Waals surface area contributed by atoms with Gasteiger partial charge in [-0.15, -0.1) is 0 Å². The zero-order valence-corrected chi connectivity index (χ0v) is 9.53. The molecule has 0 spiro atoms. The zero-order valence-electron chi connectivity index (χ0n) is 8.71. The van der Waals surface area contributed by atoms with Gasteiger partial charge < -0.3 is 15.6 Å². The van der Waals surface area contributed by atoms with Crippen molar-refractivity contribution in [3.8, 4) is 0 Å². The molecule has 0 aliphatic carbocycles. The van der Waals surface area contributed by atoms with Gasteiger partial charge in [0.15, 0.2) is 0 Å². The summed E-state index contributed by atoms with van der Waals surface area (Å²) >= 11 is 0. The molecule has 0 aromatic rings. The first-order valence-electron chi connectivity index (χ1n) is 4.27. The van der Waals surface area contributed by atoms with Crippen LogP contribution in [0.2, 0.25) is 0 Å². The molecule has 4 N–H and O–H groups in total. The van der Waals surface area contributed by atoms with Crippen molar-refractivity contribution in [3.63, 3.8) is 0 Å². The highest BCUT2D eigenvalue weighted by atomic mass is 32.3. The van der Waals surface area contributed by atoms with Crippen LogP contribution in [0.25, 0.3) is 0 Å².